The zero-order chi connectivity index (χ0) is 15.8. The molecule has 0 saturated carbocycles. The highest BCUT2D eigenvalue weighted by Crippen LogP contribution is 2.01. The minimum Gasteiger partial charge on any atom is -0.453 e. The number of hydrogen-bond donors (Lipinski definition) is 2. The number of anilines is 1. The summed E-state index contributed by atoms with van der Waals surface area (Å²) < 4.78 is 5.77. The van der Waals surface area contributed by atoms with Gasteiger partial charge in [0.05, 0.1) is 13.3 Å². The number of carbonyl (C=O) groups is 2. The lowest BCUT2D eigenvalue weighted by molar-refractivity contribution is -0.121. The van der Waals surface area contributed by atoms with Crippen LogP contribution in [0.4, 0.5) is 10.6 Å². The molecule has 0 atom stereocenters. The van der Waals surface area contributed by atoms with Gasteiger partial charge in [-0.2, -0.15) is 0 Å². The summed E-state index contributed by atoms with van der Waals surface area (Å²) in [6, 6.07) is 9.89. The van der Waals surface area contributed by atoms with Crippen LogP contribution in [0.1, 0.15) is 5.56 Å². The van der Waals surface area contributed by atoms with Crippen LogP contribution in [0.25, 0.3) is 0 Å². The summed E-state index contributed by atoms with van der Waals surface area (Å²) in [5.41, 5.74) is 1.16. The van der Waals surface area contributed by atoms with Gasteiger partial charge in [-0.3, -0.25) is 10.1 Å². The fourth-order valence-corrected chi connectivity index (χ4v) is 1.78. The SMILES string of the molecule is COC(=O)Nc1cn(CC(=O)NCCc2ccccc2)nn1. The molecule has 22 heavy (non-hydrogen) atoms. The molecule has 2 amide bonds. The lowest BCUT2D eigenvalue weighted by Crippen LogP contribution is -2.29. The predicted octanol–water partition coefficient (Wildman–Crippen LogP) is 0.815. The van der Waals surface area contributed by atoms with Crippen LogP contribution in [0.5, 0.6) is 0 Å². The topological polar surface area (TPSA) is 98.1 Å². The molecule has 116 valence electrons. The molecule has 2 N–H and O–H groups in total. The van der Waals surface area contributed by atoms with Gasteiger partial charge in [-0.1, -0.05) is 35.5 Å². The van der Waals surface area contributed by atoms with Gasteiger partial charge in [0, 0.05) is 6.54 Å². The molecular weight excluding hydrogens is 286 g/mol. The fraction of sp³-hybridized carbons (Fsp3) is 0.286. The Labute approximate surface area is 127 Å². The molecule has 0 aliphatic carbocycles. The molecule has 0 saturated heterocycles. The largest absolute Gasteiger partial charge is 0.453 e. The van der Waals surface area contributed by atoms with Gasteiger partial charge >= 0.3 is 6.09 Å². The smallest absolute Gasteiger partial charge is 0.412 e. The maximum Gasteiger partial charge on any atom is 0.412 e. The molecule has 0 aliphatic rings. The average molecular weight is 303 g/mol. The Bertz CT molecular complexity index is 626. The second-order valence-electron chi connectivity index (χ2n) is 4.50. The maximum absolute atomic E-state index is 11.8. The van der Waals surface area contributed by atoms with Gasteiger partial charge in [0.25, 0.3) is 0 Å². The van der Waals surface area contributed by atoms with E-state index in [1.165, 1.54) is 18.0 Å². The summed E-state index contributed by atoms with van der Waals surface area (Å²) >= 11 is 0. The first kappa shape index (κ1) is 15.5. The molecule has 0 spiro atoms. The number of aromatic nitrogens is 3. The van der Waals surface area contributed by atoms with E-state index < -0.39 is 6.09 Å². The van der Waals surface area contributed by atoms with E-state index in [1.807, 2.05) is 30.3 Å². The van der Waals surface area contributed by atoms with Crippen molar-refractivity contribution in [3.05, 3.63) is 42.1 Å². The maximum atomic E-state index is 11.8. The van der Waals surface area contributed by atoms with E-state index in [2.05, 4.69) is 25.7 Å². The molecule has 0 bridgehead atoms. The third-order valence-electron chi connectivity index (χ3n) is 2.84. The molecule has 2 aromatic rings. The molecule has 8 nitrogen and oxygen atoms in total. The van der Waals surface area contributed by atoms with Crippen molar-refractivity contribution < 1.29 is 14.3 Å². The van der Waals surface area contributed by atoms with E-state index >= 15 is 0 Å². The van der Waals surface area contributed by atoms with E-state index in [-0.39, 0.29) is 18.3 Å². The normalized spacial score (nSPS) is 10.0. The first-order chi connectivity index (χ1) is 10.7. The van der Waals surface area contributed by atoms with Crippen molar-refractivity contribution >= 4 is 17.8 Å². The number of hydrogen-bond acceptors (Lipinski definition) is 5. The van der Waals surface area contributed by atoms with Gasteiger partial charge in [-0.05, 0) is 12.0 Å². The highest BCUT2D eigenvalue weighted by atomic mass is 16.5. The van der Waals surface area contributed by atoms with Crippen molar-refractivity contribution in [1.82, 2.24) is 20.3 Å². The summed E-state index contributed by atoms with van der Waals surface area (Å²) in [7, 11) is 1.25. The highest BCUT2D eigenvalue weighted by Gasteiger charge is 2.08. The monoisotopic (exact) mass is 303 g/mol. The molecule has 0 fully saturated rings. The number of benzene rings is 1. The van der Waals surface area contributed by atoms with Gasteiger partial charge in [0.15, 0.2) is 5.82 Å². The Morgan fingerprint density at radius 1 is 1.27 bits per heavy atom. The number of amides is 2. The van der Waals surface area contributed by atoms with Crippen LogP contribution in [-0.4, -0.2) is 40.6 Å². The first-order valence-electron chi connectivity index (χ1n) is 6.73. The highest BCUT2D eigenvalue weighted by molar-refractivity contribution is 5.82. The minimum atomic E-state index is -0.639. The predicted molar refractivity (Wildman–Crippen MR) is 79.2 cm³/mol. The quantitative estimate of drug-likeness (QED) is 0.823. The van der Waals surface area contributed by atoms with Gasteiger partial charge in [-0.25, -0.2) is 9.48 Å². The summed E-state index contributed by atoms with van der Waals surface area (Å²) in [6.45, 7) is 0.579. The molecule has 0 unspecified atom stereocenters. The zero-order valence-electron chi connectivity index (χ0n) is 12.2. The summed E-state index contributed by atoms with van der Waals surface area (Å²) in [4.78, 5) is 22.8. The molecule has 0 aliphatic heterocycles. The van der Waals surface area contributed by atoms with Crippen molar-refractivity contribution in [1.29, 1.82) is 0 Å². The van der Waals surface area contributed by atoms with Crippen LogP contribution in [0.2, 0.25) is 0 Å². The summed E-state index contributed by atoms with van der Waals surface area (Å²) in [5, 5.41) is 12.6. The number of ether oxygens (including phenoxy) is 1. The van der Waals surface area contributed by atoms with E-state index in [1.54, 1.807) is 0 Å². The lowest BCUT2D eigenvalue weighted by Gasteiger charge is -2.05. The van der Waals surface area contributed by atoms with Gasteiger partial charge in [0.1, 0.15) is 6.54 Å². The van der Waals surface area contributed by atoms with Gasteiger partial charge in [0.2, 0.25) is 5.91 Å². The van der Waals surface area contributed by atoms with Crippen molar-refractivity contribution in [2.24, 2.45) is 0 Å². The van der Waals surface area contributed by atoms with Gasteiger partial charge < -0.3 is 10.1 Å². The number of nitrogens with zero attached hydrogens (tertiary/aromatic N) is 3. The van der Waals surface area contributed by atoms with Crippen LogP contribution in [0.3, 0.4) is 0 Å². The Morgan fingerprint density at radius 2 is 2.05 bits per heavy atom. The first-order valence-corrected chi connectivity index (χ1v) is 6.73. The van der Waals surface area contributed by atoms with Crippen LogP contribution >= 0.6 is 0 Å². The second-order valence-corrected chi connectivity index (χ2v) is 4.50. The van der Waals surface area contributed by atoms with Crippen molar-refractivity contribution in [2.75, 3.05) is 19.0 Å². The summed E-state index contributed by atoms with van der Waals surface area (Å²) in [6.07, 6.45) is 1.58. The number of rotatable bonds is 6. The molecule has 1 heterocycles. The van der Waals surface area contributed by atoms with E-state index in [0.717, 1.165) is 12.0 Å². The van der Waals surface area contributed by atoms with Crippen LogP contribution in [0.15, 0.2) is 36.5 Å². The Morgan fingerprint density at radius 3 is 2.77 bits per heavy atom. The van der Waals surface area contributed by atoms with Crippen LogP contribution < -0.4 is 10.6 Å². The van der Waals surface area contributed by atoms with E-state index in [4.69, 9.17) is 0 Å². The van der Waals surface area contributed by atoms with Gasteiger partial charge in [-0.15, -0.1) is 5.10 Å². The van der Waals surface area contributed by atoms with E-state index in [0.29, 0.717) is 6.54 Å². The Hall–Kier alpha value is -2.90. The van der Waals surface area contributed by atoms with Crippen molar-refractivity contribution in [3.63, 3.8) is 0 Å². The number of carbonyl (C=O) groups excluding carboxylic acids is 2. The lowest BCUT2D eigenvalue weighted by atomic mass is 10.1. The molecular formula is C14H17N5O3. The standard InChI is InChI=1S/C14H17N5O3/c1-22-14(21)16-12-9-19(18-17-12)10-13(20)15-8-7-11-5-3-2-4-6-11/h2-6,9H,7-8,10H2,1H3,(H,15,20)(H,16,21). The Balaban J connectivity index is 1.74. The molecule has 2 rings (SSSR count). The van der Waals surface area contributed by atoms with Crippen LogP contribution in [0, 0.1) is 0 Å². The van der Waals surface area contributed by atoms with E-state index in [9.17, 15) is 9.59 Å². The minimum absolute atomic E-state index is 0.0324. The third kappa shape index (κ3) is 4.89. The molecule has 8 heteroatoms. The van der Waals surface area contributed by atoms with Crippen molar-refractivity contribution in [3.8, 4) is 0 Å². The van der Waals surface area contributed by atoms with Crippen LogP contribution in [-0.2, 0) is 22.5 Å². The molecule has 1 aromatic carbocycles. The third-order valence-corrected chi connectivity index (χ3v) is 2.84. The molecule has 0 radical (unpaired) electrons. The van der Waals surface area contributed by atoms with Crippen molar-refractivity contribution in [2.45, 2.75) is 13.0 Å². The number of nitrogens with one attached hydrogen (secondary N) is 2. The molecule has 1 aromatic heterocycles. The average Bonchev–Trinajstić information content (AvgIpc) is 2.95. The second kappa shape index (κ2) is 7.77. The zero-order valence-corrected chi connectivity index (χ0v) is 12.2. The fourth-order valence-electron chi connectivity index (χ4n) is 1.78. The number of methoxy groups -OCH3 is 1. The Kier molecular flexibility index (Phi) is 5.47. The summed E-state index contributed by atoms with van der Waals surface area (Å²) in [5.74, 6) is 0.0504.